The van der Waals surface area contributed by atoms with Crippen LogP contribution in [0.1, 0.15) is 15.9 Å². The van der Waals surface area contributed by atoms with Crippen molar-refractivity contribution in [1.82, 2.24) is 0 Å². The Morgan fingerprint density at radius 2 is 1.90 bits per heavy atom. The number of benzene rings is 2. The number of amides is 1. The summed E-state index contributed by atoms with van der Waals surface area (Å²) in [6.07, 6.45) is 0. The van der Waals surface area contributed by atoms with Gasteiger partial charge in [0.2, 0.25) is 0 Å². The maximum absolute atomic E-state index is 13.8. The van der Waals surface area contributed by atoms with Crippen LogP contribution in [0.25, 0.3) is 0 Å². The Bertz CT molecular complexity index is 721. The Hall–Kier alpha value is -1.79. The molecule has 0 aliphatic carbocycles. The number of thiocarbonyl (C=S) groups is 1. The lowest BCUT2D eigenvalue weighted by Gasteiger charge is -2.20. The molecule has 108 valence electrons. The van der Waals surface area contributed by atoms with Crippen molar-refractivity contribution in [2.75, 3.05) is 11.9 Å². The first-order valence-corrected chi connectivity index (χ1v) is 7.24. The first-order valence-electron chi connectivity index (χ1n) is 6.03. The number of hydrogen-bond acceptors (Lipinski definition) is 2. The van der Waals surface area contributed by atoms with Crippen molar-refractivity contribution < 1.29 is 9.18 Å². The van der Waals surface area contributed by atoms with Gasteiger partial charge >= 0.3 is 0 Å². The van der Waals surface area contributed by atoms with Crippen molar-refractivity contribution in [2.45, 2.75) is 0 Å². The van der Waals surface area contributed by atoms with Gasteiger partial charge in [-0.1, -0.05) is 40.3 Å². The molecule has 3 nitrogen and oxygen atoms in total. The molecule has 0 atom stereocenters. The van der Waals surface area contributed by atoms with Crippen LogP contribution in [0.2, 0.25) is 0 Å². The van der Waals surface area contributed by atoms with Gasteiger partial charge in [-0.3, -0.25) is 4.79 Å². The van der Waals surface area contributed by atoms with Gasteiger partial charge in [0, 0.05) is 17.1 Å². The lowest BCUT2D eigenvalue weighted by molar-refractivity contribution is 0.0989. The highest BCUT2D eigenvalue weighted by Gasteiger charge is 2.20. The number of para-hydroxylation sites is 1. The van der Waals surface area contributed by atoms with E-state index in [9.17, 15) is 9.18 Å². The molecule has 2 N–H and O–H groups in total. The first-order chi connectivity index (χ1) is 9.91. The molecule has 2 aromatic carbocycles. The highest BCUT2D eigenvalue weighted by molar-refractivity contribution is 9.10. The number of halogens is 2. The average molecular weight is 367 g/mol. The van der Waals surface area contributed by atoms with Crippen molar-refractivity contribution in [3.63, 3.8) is 0 Å². The Morgan fingerprint density at radius 1 is 1.24 bits per heavy atom. The quantitative estimate of drug-likeness (QED) is 0.845. The number of anilines is 1. The van der Waals surface area contributed by atoms with Gasteiger partial charge in [-0.15, -0.1) is 0 Å². The molecule has 0 saturated carbocycles. The van der Waals surface area contributed by atoms with E-state index >= 15 is 0 Å². The van der Waals surface area contributed by atoms with Crippen molar-refractivity contribution >= 4 is 44.7 Å². The average Bonchev–Trinajstić information content (AvgIpc) is 2.48. The zero-order valence-corrected chi connectivity index (χ0v) is 13.5. The molecule has 2 aromatic rings. The molecule has 0 radical (unpaired) electrons. The van der Waals surface area contributed by atoms with E-state index in [1.54, 1.807) is 31.3 Å². The van der Waals surface area contributed by atoms with Crippen LogP contribution in [0.3, 0.4) is 0 Å². The van der Waals surface area contributed by atoms with E-state index < -0.39 is 11.7 Å². The van der Waals surface area contributed by atoms with Crippen LogP contribution in [0.5, 0.6) is 0 Å². The third-order valence-corrected chi connectivity index (χ3v) is 3.71. The highest BCUT2D eigenvalue weighted by atomic mass is 79.9. The minimum Gasteiger partial charge on any atom is -0.389 e. The molecule has 0 bridgehead atoms. The normalized spacial score (nSPS) is 10.2. The first kappa shape index (κ1) is 15.6. The summed E-state index contributed by atoms with van der Waals surface area (Å²) in [7, 11) is 1.56. The molecule has 0 heterocycles. The van der Waals surface area contributed by atoms with E-state index in [4.69, 9.17) is 18.0 Å². The predicted molar refractivity (Wildman–Crippen MR) is 89.2 cm³/mol. The molecule has 2 rings (SSSR count). The standard InChI is InChI=1S/C15H12BrFN2OS/c1-19(13-5-3-2-4-10(13)14(18)21)15(20)11-8-9(16)6-7-12(11)17/h2-8H,1H3,(H2,18,21). The molecular weight excluding hydrogens is 355 g/mol. The molecular formula is C15H12BrFN2OS. The molecule has 0 unspecified atom stereocenters. The summed E-state index contributed by atoms with van der Waals surface area (Å²) >= 11 is 8.21. The summed E-state index contributed by atoms with van der Waals surface area (Å²) in [5, 5.41) is 0. The molecule has 0 fully saturated rings. The number of hydrogen-bond donors (Lipinski definition) is 1. The Balaban J connectivity index is 2.45. The smallest absolute Gasteiger partial charge is 0.261 e. The lowest BCUT2D eigenvalue weighted by atomic mass is 10.1. The summed E-state index contributed by atoms with van der Waals surface area (Å²) in [6, 6.07) is 11.2. The Labute approximate surface area is 135 Å². The second-order valence-corrected chi connectivity index (χ2v) is 5.73. The van der Waals surface area contributed by atoms with Gasteiger partial charge in [-0.05, 0) is 30.3 Å². The van der Waals surface area contributed by atoms with Gasteiger partial charge in [-0.2, -0.15) is 0 Å². The van der Waals surface area contributed by atoms with E-state index in [-0.39, 0.29) is 10.6 Å². The number of nitrogens with zero attached hydrogens (tertiary/aromatic N) is 1. The summed E-state index contributed by atoms with van der Waals surface area (Å²) in [5.74, 6) is -1.06. The minimum atomic E-state index is -0.581. The third kappa shape index (κ3) is 3.28. The molecule has 0 aliphatic rings. The maximum Gasteiger partial charge on any atom is 0.261 e. The van der Waals surface area contributed by atoms with Gasteiger partial charge in [0.1, 0.15) is 10.8 Å². The number of nitrogens with two attached hydrogens (primary N) is 1. The predicted octanol–water partition coefficient (Wildman–Crippen LogP) is 3.50. The van der Waals surface area contributed by atoms with Crippen LogP contribution in [0.4, 0.5) is 10.1 Å². The van der Waals surface area contributed by atoms with Crippen LogP contribution >= 0.6 is 28.1 Å². The van der Waals surface area contributed by atoms with Crippen molar-refractivity contribution in [1.29, 1.82) is 0 Å². The minimum absolute atomic E-state index is 0.0235. The summed E-state index contributed by atoms with van der Waals surface area (Å²) in [6.45, 7) is 0. The monoisotopic (exact) mass is 366 g/mol. The van der Waals surface area contributed by atoms with Crippen molar-refractivity contribution in [3.8, 4) is 0 Å². The molecule has 1 amide bonds. The van der Waals surface area contributed by atoms with Crippen LogP contribution < -0.4 is 10.6 Å². The fraction of sp³-hybridized carbons (Fsp3) is 0.0667. The Kier molecular flexibility index (Phi) is 4.69. The Morgan fingerprint density at radius 3 is 2.57 bits per heavy atom. The zero-order chi connectivity index (χ0) is 15.6. The van der Waals surface area contributed by atoms with Gasteiger partial charge < -0.3 is 10.6 Å². The van der Waals surface area contributed by atoms with Crippen LogP contribution in [-0.2, 0) is 0 Å². The van der Waals surface area contributed by atoms with Gasteiger partial charge in [0.15, 0.2) is 0 Å². The van der Waals surface area contributed by atoms with Gasteiger partial charge in [-0.25, -0.2) is 4.39 Å². The number of carbonyl (C=O) groups excluding carboxylic acids is 1. The SMILES string of the molecule is CN(C(=O)c1cc(Br)ccc1F)c1ccccc1C(N)=S. The van der Waals surface area contributed by atoms with Gasteiger partial charge in [0.25, 0.3) is 5.91 Å². The fourth-order valence-corrected chi connectivity index (χ4v) is 2.46. The second kappa shape index (κ2) is 6.32. The summed E-state index contributed by atoms with van der Waals surface area (Å²) < 4.78 is 14.5. The van der Waals surface area contributed by atoms with E-state index in [1.165, 1.54) is 23.1 Å². The van der Waals surface area contributed by atoms with E-state index in [2.05, 4.69) is 15.9 Å². The second-order valence-electron chi connectivity index (χ2n) is 4.37. The molecule has 0 saturated heterocycles. The van der Waals surface area contributed by atoms with Crippen LogP contribution in [0.15, 0.2) is 46.9 Å². The van der Waals surface area contributed by atoms with E-state index in [0.717, 1.165) is 0 Å². The number of carbonyl (C=O) groups is 1. The lowest BCUT2D eigenvalue weighted by Crippen LogP contribution is -2.29. The molecule has 6 heteroatoms. The summed E-state index contributed by atoms with van der Waals surface area (Å²) in [5.41, 5.74) is 6.74. The molecule has 0 aliphatic heterocycles. The highest BCUT2D eigenvalue weighted by Crippen LogP contribution is 2.23. The summed E-state index contributed by atoms with van der Waals surface area (Å²) in [4.78, 5) is 14.0. The fourth-order valence-electron chi connectivity index (χ4n) is 1.93. The molecule has 21 heavy (non-hydrogen) atoms. The maximum atomic E-state index is 13.8. The topological polar surface area (TPSA) is 46.3 Å². The third-order valence-electron chi connectivity index (χ3n) is 2.99. The zero-order valence-electron chi connectivity index (χ0n) is 11.1. The van der Waals surface area contributed by atoms with E-state index in [0.29, 0.717) is 15.7 Å². The van der Waals surface area contributed by atoms with Crippen molar-refractivity contribution in [2.24, 2.45) is 5.73 Å². The van der Waals surface area contributed by atoms with Gasteiger partial charge in [0.05, 0.1) is 11.3 Å². The van der Waals surface area contributed by atoms with Crippen LogP contribution in [-0.4, -0.2) is 17.9 Å². The largest absolute Gasteiger partial charge is 0.389 e. The van der Waals surface area contributed by atoms with Crippen molar-refractivity contribution in [3.05, 3.63) is 63.9 Å². The van der Waals surface area contributed by atoms with Crippen LogP contribution in [0, 0.1) is 5.82 Å². The number of rotatable bonds is 3. The molecule has 0 aromatic heterocycles. The van der Waals surface area contributed by atoms with E-state index in [1.807, 2.05) is 0 Å². The molecule has 0 spiro atoms.